The van der Waals surface area contributed by atoms with Gasteiger partial charge in [0.2, 0.25) is 10.0 Å². The van der Waals surface area contributed by atoms with Crippen molar-refractivity contribution in [1.82, 2.24) is 24.0 Å². The number of nitrogens with zero attached hydrogens (tertiary/aromatic N) is 4. The summed E-state index contributed by atoms with van der Waals surface area (Å²) in [4.78, 5) is 31.5. The summed E-state index contributed by atoms with van der Waals surface area (Å²) in [6.45, 7) is 8.51. The normalized spacial score (nSPS) is 25.7. The van der Waals surface area contributed by atoms with E-state index in [1.165, 1.54) is 6.26 Å². The third kappa shape index (κ3) is 5.48. The number of piperazine rings is 1. The quantitative estimate of drug-likeness (QED) is 0.589. The lowest BCUT2D eigenvalue weighted by molar-refractivity contribution is 0.0783. The molecule has 0 aliphatic carbocycles. The molecule has 9 nitrogen and oxygen atoms in total. The van der Waals surface area contributed by atoms with Gasteiger partial charge in [-0.3, -0.25) is 19.4 Å². The van der Waals surface area contributed by atoms with Crippen LogP contribution in [0.1, 0.15) is 55.9 Å². The third-order valence-electron chi connectivity index (χ3n) is 8.40. The molecule has 2 aromatic rings. The fraction of sp³-hybridized carbons (Fsp3) is 0.630. The molecule has 37 heavy (non-hydrogen) atoms. The summed E-state index contributed by atoms with van der Waals surface area (Å²) in [5, 5.41) is 4.10. The number of piperidine rings is 1. The van der Waals surface area contributed by atoms with Gasteiger partial charge in [0.15, 0.2) is 0 Å². The lowest BCUT2D eigenvalue weighted by Crippen LogP contribution is -2.54. The fourth-order valence-corrected chi connectivity index (χ4v) is 7.35. The first-order valence-electron chi connectivity index (χ1n) is 13.5. The van der Waals surface area contributed by atoms with Gasteiger partial charge in [-0.1, -0.05) is 18.2 Å². The van der Waals surface area contributed by atoms with Crippen LogP contribution in [0.15, 0.2) is 35.1 Å². The number of hydrogen-bond donors (Lipinski definition) is 1. The Bertz CT molecular complexity index is 1300. The van der Waals surface area contributed by atoms with Crippen LogP contribution in [-0.4, -0.2) is 96.6 Å². The number of rotatable bonds is 7. The monoisotopic (exact) mass is 529 g/mol. The lowest BCUT2D eigenvalue weighted by Gasteiger charge is -2.41. The Kier molecular flexibility index (Phi) is 7.46. The minimum Gasteiger partial charge on any atom is -0.349 e. The Hall–Kier alpha value is -2.27. The maximum atomic E-state index is 13.3. The number of carbonyl (C=O) groups excluding carboxylic acids is 1. The van der Waals surface area contributed by atoms with Gasteiger partial charge in [0.1, 0.15) is 5.56 Å². The van der Waals surface area contributed by atoms with Crippen LogP contribution in [0.25, 0.3) is 10.9 Å². The molecule has 3 aliphatic rings. The molecule has 4 heterocycles. The molecule has 0 radical (unpaired) electrons. The van der Waals surface area contributed by atoms with Crippen LogP contribution in [0.3, 0.4) is 0 Å². The van der Waals surface area contributed by atoms with Gasteiger partial charge >= 0.3 is 0 Å². The van der Waals surface area contributed by atoms with Gasteiger partial charge in [-0.05, 0) is 57.0 Å². The van der Waals surface area contributed by atoms with Gasteiger partial charge in [-0.25, -0.2) is 8.42 Å². The summed E-state index contributed by atoms with van der Waals surface area (Å²) in [5.74, 6) is -0.272. The molecule has 2 atom stereocenters. The summed E-state index contributed by atoms with van der Waals surface area (Å²) >= 11 is 0. The molecule has 3 fully saturated rings. The second kappa shape index (κ2) is 10.5. The van der Waals surface area contributed by atoms with E-state index in [0.29, 0.717) is 25.2 Å². The van der Waals surface area contributed by atoms with Crippen LogP contribution in [0.5, 0.6) is 0 Å². The van der Waals surface area contributed by atoms with Crippen molar-refractivity contribution in [3.63, 3.8) is 0 Å². The van der Waals surface area contributed by atoms with Gasteiger partial charge in [0, 0.05) is 63.4 Å². The molecule has 1 amide bonds. The molecule has 1 aromatic heterocycles. The maximum Gasteiger partial charge on any atom is 0.264 e. The predicted molar refractivity (Wildman–Crippen MR) is 145 cm³/mol. The van der Waals surface area contributed by atoms with Crippen molar-refractivity contribution in [2.24, 2.45) is 0 Å². The molecule has 202 valence electrons. The number of benzene rings is 1. The number of sulfonamides is 1. The molecule has 1 N–H and O–H groups in total. The largest absolute Gasteiger partial charge is 0.349 e. The second-order valence-corrected chi connectivity index (χ2v) is 13.1. The standard InChI is InChI=1S/C27H39N5O4S/c1-19(2)32-25-7-5-4-6-20(25)16-24(27(32)34)26(33)28-21-17-22-8-9-23(18-21)31(22)15-12-29-10-13-30(14-11-29)37(3,35)36/h4-7,16,19,21-23H,8-15,17-18H2,1-3H3,(H,28,33)/t22-,23-/m1/s1. The number of carbonyl (C=O) groups is 1. The first-order chi connectivity index (χ1) is 17.6. The van der Waals surface area contributed by atoms with Crippen LogP contribution in [-0.2, 0) is 10.0 Å². The molecule has 0 spiro atoms. The Balaban J connectivity index is 1.20. The van der Waals surface area contributed by atoms with E-state index in [-0.39, 0.29) is 29.1 Å². The van der Waals surface area contributed by atoms with Gasteiger partial charge in [-0.15, -0.1) is 0 Å². The highest BCUT2D eigenvalue weighted by Crippen LogP contribution is 2.35. The fourth-order valence-electron chi connectivity index (χ4n) is 6.52. The van der Waals surface area contributed by atoms with E-state index < -0.39 is 10.0 Å². The molecular weight excluding hydrogens is 490 g/mol. The second-order valence-electron chi connectivity index (χ2n) is 11.2. The highest BCUT2D eigenvalue weighted by molar-refractivity contribution is 7.88. The predicted octanol–water partition coefficient (Wildman–Crippen LogP) is 1.88. The number of pyridine rings is 1. The molecule has 10 heteroatoms. The molecule has 3 saturated heterocycles. The Labute approximate surface area is 219 Å². The van der Waals surface area contributed by atoms with Crippen molar-refractivity contribution < 1.29 is 13.2 Å². The van der Waals surface area contributed by atoms with Crippen LogP contribution < -0.4 is 10.9 Å². The number of amides is 1. The van der Waals surface area contributed by atoms with Gasteiger partial charge < -0.3 is 9.88 Å². The zero-order valence-electron chi connectivity index (χ0n) is 22.1. The van der Waals surface area contributed by atoms with E-state index in [0.717, 1.165) is 62.8 Å². The molecule has 3 aliphatic heterocycles. The van der Waals surface area contributed by atoms with Crippen LogP contribution in [0.2, 0.25) is 0 Å². The number of fused-ring (bicyclic) bond motifs is 3. The number of nitrogens with one attached hydrogen (secondary N) is 1. The summed E-state index contributed by atoms with van der Waals surface area (Å²) in [6.07, 6.45) is 5.35. The van der Waals surface area contributed by atoms with Crippen molar-refractivity contribution in [2.45, 2.75) is 63.7 Å². The Morgan fingerprint density at radius 1 is 1.03 bits per heavy atom. The minimum atomic E-state index is -3.11. The van der Waals surface area contributed by atoms with E-state index >= 15 is 0 Å². The van der Waals surface area contributed by atoms with E-state index in [1.807, 2.05) is 38.1 Å². The van der Waals surface area contributed by atoms with Crippen molar-refractivity contribution in [2.75, 3.05) is 45.5 Å². The molecule has 5 rings (SSSR count). The van der Waals surface area contributed by atoms with E-state index in [4.69, 9.17) is 0 Å². The molecular formula is C27H39N5O4S. The van der Waals surface area contributed by atoms with Gasteiger partial charge in [-0.2, -0.15) is 4.31 Å². The first kappa shape index (κ1) is 26.3. The molecule has 0 saturated carbocycles. The molecule has 1 aromatic carbocycles. The summed E-state index contributed by atoms with van der Waals surface area (Å²) in [6, 6.07) is 10.4. The number of aromatic nitrogens is 1. The van der Waals surface area contributed by atoms with E-state index in [2.05, 4.69) is 15.1 Å². The summed E-state index contributed by atoms with van der Waals surface area (Å²) in [7, 11) is -3.11. The van der Waals surface area contributed by atoms with Crippen molar-refractivity contribution in [3.8, 4) is 0 Å². The van der Waals surface area contributed by atoms with Gasteiger partial charge in [0.25, 0.3) is 11.5 Å². The zero-order chi connectivity index (χ0) is 26.3. The summed E-state index contributed by atoms with van der Waals surface area (Å²) in [5.41, 5.74) is 0.834. The van der Waals surface area contributed by atoms with Crippen molar-refractivity contribution in [3.05, 3.63) is 46.2 Å². The van der Waals surface area contributed by atoms with E-state index in [9.17, 15) is 18.0 Å². The van der Waals surface area contributed by atoms with Crippen molar-refractivity contribution >= 4 is 26.8 Å². The average Bonchev–Trinajstić information content (AvgIpc) is 3.09. The zero-order valence-corrected chi connectivity index (χ0v) is 22.9. The van der Waals surface area contributed by atoms with Crippen LogP contribution >= 0.6 is 0 Å². The lowest BCUT2D eigenvalue weighted by atomic mass is 9.96. The van der Waals surface area contributed by atoms with E-state index in [1.54, 1.807) is 14.9 Å². The third-order valence-corrected chi connectivity index (χ3v) is 9.70. The first-order valence-corrected chi connectivity index (χ1v) is 15.3. The smallest absolute Gasteiger partial charge is 0.264 e. The Morgan fingerprint density at radius 3 is 2.30 bits per heavy atom. The van der Waals surface area contributed by atoms with Crippen molar-refractivity contribution in [1.29, 1.82) is 0 Å². The maximum absolute atomic E-state index is 13.3. The highest BCUT2D eigenvalue weighted by Gasteiger charge is 2.41. The SMILES string of the molecule is CC(C)n1c(=O)c(C(=O)NC2C[C@H]3CC[C@H](C2)N3CCN2CCN(S(C)(=O)=O)CC2)cc2ccccc21. The average molecular weight is 530 g/mol. The number of hydrogen-bond acceptors (Lipinski definition) is 6. The highest BCUT2D eigenvalue weighted by atomic mass is 32.2. The number of para-hydroxylation sites is 1. The van der Waals surface area contributed by atoms with Crippen LogP contribution in [0, 0.1) is 0 Å². The topological polar surface area (TPSA) is 95.0 Å². The molecule has 2 bridgehead atoms. The minimum absolute atomic E-state index is 0.0430. The van der Waals surface area contributed by atoms with Gasteiger partial charge in [0.05, 0.1) is 11.8 Å². The van der Waals surface area contributed by atoms with Crippen LogP contribution in [0.4, 0.5) is 0 Å². The molecule has 0 unspecified atom stereocenters. The summed E-state index contributed by atoms with van der Waals surface area (Å²) < 4.78 is 26.8. The Morgan fingerprint density at radius 2 is 1.68 bits per heavy atom.